The molecular formula is C10H15F3O2. The summed E-state index contributed by atoms with van der Waals surface area (Å²) in [7, 11) is 0. The van der Waals surface area contributed by atoms with Gasteiger partial charge in [0.2, 0.25) is 0 Å². The molecule has 1 atom stereocenters. The quantitative estimate of drug-likeness (QED) is 0.529. The van der Waals surface area contributed by atoms with Gasteiger partial charge in [-0.3, -0.25) is 0 Å². The van der Waals surface area contributed by atoms with Gasteiger partial charge in [-0.1, -0.05) is 13.5 Å². The van der Waals surface area contributed by atoms with Crippen LogP contribution < -0.4 is 0 Å². The van der Waals surface area contributed by atoms with E-state index >= 15 is 0 Å². The largest absolute Gasteiger partial charge is 0.459 e. The molecule has 0 aliphatic rings. The van der Waals surface area contributed by atoms with E-state index in [-0.39, 0.29) is 12.0 Å². The summed E-state index contributed by atoms with van der Waals surface area (Å²) in [6, 6.07) is 0. The summed E-state index contributed by atoms with van der Waals surface area (Å²) in [5.74, 6) is -0.635. The van der Waals surface area contributed by atoms with Crippen molar-refractivity contribution >= 4 is 5.97 Å². The number of alkyl halides is 3. The molecule has 5 heteroatoms. The molecule has 0 aliphatic carbocycles. The third kappa shape index (κ3) is 6.99. The number of ether oxygens (including phenoxy) is 1. The van der Waals surface area contributed by atoms with Crippen LogP contribution in [0.4, 0.5) is 13.2 Å². The van der Waals surface area contributed by atoms with Gasteiger partial charge in [0.1, 0.15) is 6.10 Å². The number of carbonyl (C=O) groups is 1. The lowest BCUT2D eigenvalue weighted by molar-refractivity contribution is -0.154. The zero-order valence-corrected chi connectivity index (χ0v) is 8.86. The molecule has 0 spiro atoms. The van der Waals surface area contributed by atoms with Crippen molar-refractivity contribution in [1.29, 1.82) is 0 Å². The van der Waals surface area contributed by atoms with E-state index in [1.165, 1.54) is 6.92 Å². The van der Waals surface area contributed by atoms with Crippen LogP contribution in [0.5, 0.6) is 0 Å². The van der Waals surface area contributed by atoms with Crippen molar-refractivity contribution in [2.24, 2.45) is 0 Å². The van der Waals surface area contributed by atoms with Crippen molar-refractivity contribution in [1.82, 2.24) is 0 Å². The van der Waals surface area contributed by atoms with Crippen LogP contribution in [0.1, 0.15) is 33.1 Å². The molecule has 0 saturated heterocycles. The first kappa shape index (κ1) is 14.0. The first-order chi connectivity index (χ1) is 6.76. The molecule has 0 N–H and O–H groups in total. The molecule has 2 nitrogen and oxygen atoms in total. The zero-order chi connectivity index (χ0) is 12.1. The smallest absolute Gasteiger partial charge is 0.389 e. The van der Waals surface area contributed by atoms with E-state index < -0.39 is 24.7 Å². The molecule has 0 aromatic heterocycles. The van der Waals surface area contributed by atoms with Gasteiger partial charge in [-0.15, -0.1) is 0 Å². The first-order valence-electron chi connectivity index (χ1n) is 4.69. The highest BCUT2D eigenvalue weighted by atomic mass is 19.4. The van der Waals surface area contributed by atoms with Crippen molar-refractivity contribution in [3.8, 4) is 0 Å². The van der Waals surface area contributed by atoms with Crippen LogP contribution in [0.2, 0.25) is 0 Å². The lowest BCUT2D eigenvalue weighted by atomic mass is 10.1. The van der Waals surface area contributed by atoms with Crippen molar-refractivity contribution in [3.63, 3.8) is 0 Å². The van der Waals surface area contributed by atoms with Crippen LogP contribution in [0.3, 0.4) is 0 Å². The minimum atomic E-state index is -4.21. The van der Waals surface area contributed by atoms with Gasteiger partial charge in [0.05, 0.1) is 0 Å². The Bertz CT molecular complexity index is 233. The molecule has 0 fully saturated rings. The zero-order valence-electron chi connectivity index (χ0n) is 8.86. The number of rotatable bonds is 5. The molecule has 88 valence electrons. The second kappa shape index (κ2) is 5.78. The molecule has 0 bridgehead atoms. The summed E-state index contributed by atoms with van der Waals surface area (Å²) >= 11 is 0. The second-order valence-corrected chi connectivity index (χ2v) is 3.37. The average Bonchev–Trinajstić information content (AvgIpc) is 2.10. The number of halogens is 3. The van der Waals surface area contributed by atoms with Crippen LogP contribution in [0, 0.1) is 0 Å². The lowest BCUT2D eigenvalue weighted by Gasteiger charge is -2.16. The highest BCUT2D eigenvalue weighted by molar-refractivity contribution is 5.87. The maximum Gasteiger partial charge on any atom is 0.389 e. The molecule has 0 amide bonds. The van der Waals surface area contributed by atoms with Crippen molar-refractivity contribution in [2.75, 3.05) is 0 Å². The molecule has 0 aliphatic heterocycles. The first-order valence-corrected chi connectivity index (χ1v) is 4.69. The van der Waals surface area contributed by atoms with E-state index in [0.717, 1.165) is 0 Å². The molecule has 0 aromatic rings. The fourth-order valence-corrected chi connectivity index (χ4v) is 0.923. The highest BCUT2D eigenvalue weighted by Crippen LogP contribution is 2.24. The summed E-state index contributed by atoms with van der Waals surface area (Å²) in [4.78, 5) is 11.0. The van der Waals surface area contributed by atoms with Gasteiger partial charge < -0.3 is 4.74 Å². The second-order valence-electron chi connectivity index (χ2n) is 3.37. The van der Waals surface area contributed by atoms with Crippen LogP contribution >= 0.6 is 0 Å². The van der Waals surface area contributed by atoms with Crippen LogP contribution in [-0.4, -0.2) is 18.2 Å². The summed E-state index contributed by atoms with van der Waals surface area (Å²) in [6.07, 6.45) is -5.65. The molecule has 0 heterocycles. The molecule has 0 aromatic carbocycles. The SMILES string of the molecule is C=C(C)C(=O)OC(CC)CCC(F)(F)F. The predicted octanol–water partition coefficient (Wildman–Crippen LogP) is 3.23. The van der Waals surface area contributed by atoms with E-state index in [9.17, 15) is 18.0 Å². The monoisotopic (exact) mass is 224 g/mol. The van der Waals surface area contributed by atoms with Crippen molar-refractivity contribution in [3.05, 3.63) is 12.2 Å². The molecule has 1 unspecified atom stereocenters. The fraction of sp³-hybridized carbons (Fsp3) is 0.700. The van der Waals surface area contributed by atoms with Crippen LogP contribution in [-0.2, 0) is 9.53 Å². The molecular weight excluding hydrogens is 209 g/mol. The topological polar surface area (TPSA) is 26.3 Å². The Morgan fingerprint density at radius 1 is 1.47 bits per heavy atom. The van der Waals surface area contributed by atoms with Gasteiger partial charge >= 0.3 is 12.1 Å². The van der Waals surface area contributed by atoms with Gasteiger partial charge in [-0.2, -0.15) is 13.2 Å². The lowest BCUT2D eigenvalue weighted by Crippen LogP contribution is -2.20. The third-order valence-electron chi connectivity index (χ3n) is 1.83. The van der Waals surface area contributed by atoms with Crippen LogP contribution in [0.15, 0.2) is 12.2 Å². The van der Waals surface area contributed by atoms with Crippen molar-refractivity contribution < 1.29 is 22.7 Å². The number of esters is 1. The summed E-state index contributed by atoms with van der Waals surface area (Å²) in [5, 5.41) is 0. The highest BCUT2D eigenvalue weighted by Gasteiger charge is 2.28. The Kier molecular flexibility index (Phi) is 5.39. The van der Waals surface area contributed by atoms with E-state index in [1.54, 1.807) is 6.92 Å². The maximum atomic E-state index is 11.9. The Labute approximate surface area is 87.1 Å². The minimum absolute atomic E-state index is 0.195. The Hall–Kier alpha value is -1.00. The maximum absolute atomic E-state index is 11.9. The van der Waals surface area contributed by atoms with Gasteiger partial charge in [0.15, 0.2) is 0 Å². The number of carbonyl (C=O) groups excluding carboxylic acids is 1. The van der Waals surface area contributed by atoms with Crippen LogP contribution in [0.25, 0.3) is 0 Å². The molecule has 15 heavy (non-hydrogen) atoms. The Morgan fingerprint density at radius 3 is 2.33 bits per heavy atom. The minimum Gasteiger partial charge on any atom is -0.459 e. The molecule has 0 radical (unpaired) electrons. The number of hydrogen-bond donors (Lipinski definition) is 0. The Balaban J connectivity index is 4.04. The third-order valence-corrected chi connectivity index (χ3v) is 1.83. The predicted molar refractivity (Wildman–Crippen MR) is 50.3 cm³/mol. The standard InChI is InChI=1S/C10H15F3O2/c1-4-8(5-6-10(11,12)13)15-9(14)7(2)3/h8H,2,4-6H2,1,3H3. The molecule has 0 rings (SSSR count). The average molecular weight is 224 g/mol. The Morgan fingerprint density at radius 2 is 2.00 bits per heavy atom. The van der Waals surface area contributed by atoms with E-state index in [2.05, 4.69) is 6.58 Å². The van der Waals surface area contributed by atoms with E-state index in [0.29, 0.717) is 6.42 Å². The fourth-order valence-electron chi connectivity index (χ4n) is 0.923. The van der Waals surface area contributed by atoms with Gasteiger partial charge in [0.25, 0.3) is 0 Å². The van der Waals surface area contributed by atoms with E-state index in [4.69, 9.17) is 4.74 Å². The van der Waals surface area contributed by atoms with Gasteiger partial charge in [-0.25, -0.2) is 4.79 Å². The summed E-state index contributed by atoms with van der Waals surface area (Å²) in [6.45, 7) is 6.49. The molecule has 0 saturated carbocycles. The van der Waals surface area contributed by atoms with Gasteiger partial charge in [-0.05, 0) is 19.8 Å². The van der Waals surface area contributed by atoms with Gasteiger partial charge in [0, 0.05) is 12.0 Å². The number of hydrogen-bond acceptors (Lipinski definition) is 2. The van der Waals surface area contributed by atoms with E-state index in [1.807, 2.05) is 0 Å². The normalized spacial score (nSPS) is 13.4. The summed E-state index contributed by atoms with van der Waals surface area (Å²) < 4.78 is 40.5. The summed E-state index contributed by atoms with van der Waals surface area (Å²) in [5.41, 5.74) is 0.195. The van der Waals surface area contributed by atoms with Crippen molar-refractivity contribution in [2.45, 2.75) is 45.4 Å².